The first kappa shape index (κ1) is 9.93. The van der Waals surface area contributed by atoms with Crippen molar-refractivity contribution in [1.82, 2.24) is 4.90 Å². The molecule has 1 rings (SSSR count). The van der Waals surface area contributed by atoms with E-state index in [0.717, 1.165) is 6.54 Å². The molecular weight excluding hydrogens is 157 g/mol. The van der Waals surface area contributed by atoms with Gasteiger partial charge in [-0.3, -0.25) is 4.90 Å². The number of hydrogen-bond acceptors (Lipinski definition) is 2. The van der Waals surface area contributed by atoms with Gasteiger partial charge in [0.05, 0.1) is 18.8 Å². The minimum absolute atomic E-state index is 0.0209. The lowest BCUT2D eigenvalue weighted by molar-refractivity contribution is 0.0273. The van der Waals surface area contributed by atoms with Crippen LogP contribution in [0.15, 0.2) is 0 Å². The van der Waals surface area contributed by atoms with Gasteiger partial charge in [0.15, 0.2) is 0 Å². The van der Waals surface area contributed by atoms with Gasteiger partial charge in [-0.25, -0.2) is 4.39 Å². The van der Waals surface area contributed by atoms with Gasteiger partial charge in [-0.15, -0.1) is 0 Å². The number of hydrogen-bond donors (Lipinski definition) is 0. The fourth-order valence-electron chi connectivity index (χ4n) is 1.48. The van der Waals surface area contributed by atoms with Crippen molar-refractivity contribution >= 4 is 0 Å². The van der Waals surface area contributed by atoms with Crippen molar-refractivity contribution in [2.24, 2.45) is 0 Å². The van der Waals surface area contributed by atoms with Crippen molar-refractivity contribution in [2.45, 2.75) is 38.6 Å². The molecule has 0 N–H and O–H groups in total. The fourth-order valence-corrected chi connectivity index (χ4v) is 1.48. The number of likely N-dealkylation sites (N-methyl/N-ethyl adjacent to an activating group) is 1. The largest absolute Gasteiger partial charge is 0.377 e. The predicted octanol–water partition coefficient (Wildman–Crippen LogP) is 1.45. The van der Waals surface area contributed by atoms with Crippen LogP contribution in [0.4, 0.5) is 4.39 Å². The summed E-state index contributed by atoms with van der Waals surface area (Å²) in [5.41, 5.74) is 0. The van der Waals surface area contributed by atoms with Crippen LogP contribution in [-0.4, -0.2) is 43.4 Å². The number of ether oxygens (including phenoxy) is 1. The van der Waals surface area contributed by atoms with Gasteiger partial charge in [0.2, 0.25) is 0 Å². The average molecular weight is 175 g/mol. The van der Waals surface area contributed by atoms with Crippen molar-refractivity contribution in [2.75, 3.05) is 20.2 Å². The monoisotopic (exact) mass is 175 g/mol. The van der Waals surface area contributed by atoms with E-state index in [9.17, 15) is 4.39 Å². The van der Waals surface area contributed by atoms with E-state index in [1.165, 1.54) is 0 Å². The molecule has 0 amide bonds. The maximum absolute atomic E-state index is 13.2. The molecule has 0 aromatic heterocycles. The van der Waals surface area contributed by atoms with Gasteiger partial charge in [-0.1, -0.05) is 0 Å². The van der Waals surface area contributed by atoms with E-state index in [1.807, 2.05) is 25.8 Å². The Hall–Kier alpha value is -0.150. The lowest BCUT2D eigenvalue weighted by atomic mass is 10.2. The van der Waals surface area contributed by atoms with Crippen LogP contribution in [0.1, 0.15) is 20.3 Å². The van der Waals surface area contributed by atoms with Gasteiger partial charge in [-0.05, 0) is 27.3 Å². The molecule has 0 bridgehead atoms. The van der Waals surface area contributed by atoms with E-state index < -0.39 is 6.17 Å². The standard InChI is InChI=1S/C9H18FNO/c1-7(2)12-6-9-8(10)4-5-11(9)3/h7-9H,4-6H2,1-3H3. The third-order valence-corrected chi connectivity index (χ3v) is 2.34. The van der Waals surface area contributed by atoms with Crippen LogP contribution in [0.3, 0.4) is 0 Å². The van der Waals surface area contributed by atoms with Gasteiger partial charge in [0.25, 0.3) is 0 Å². The Kier molecular flexibility index (Phi) is 3.47. The summed E-state index contributed by atoms with van der Waals surface area (Å²) in [4.78, 5) is 2.03. The van der Waals surface area contributed by atoms with E-state index in [-0.39, 0.29) is 12.1 Å². The molecule has 1 fully saturated rings. The highest BCUT2D eigenvalue weighted by Gasteiger charge is 2.31. The molecule has 3 heteroatoms. The van der Waals surface area contributed by atoms with Crippen molar-refractivity contribution in [1.29, 1.82) is 0 Å². The molecule has 0 spiro atoms. The van der Waals surface area contributed by atoms with Crippen LogP contribution < -0.4 is 0 Å². The van der Waals surface area contributed by atoms with Crippen molar-refractivity contribution in [3.8, 4) is 0 Å². The quantitative estimate of drug-likeness (QED) is 0.643. The zero-order valence-corrected chi connectivity index (χ0v) is 8.09. The van der Waals surface area contributed by atoms with Crippen molar-refractivity contribution in [3.05, 3.63) is 0 Å². The third kappa shape index (κ3) is 2.42. The Balaban J connectivity index is 2.29. The van der Waals surface area contributed by atoms with E-state index in [4.69, 9.17) is 4.74 Å². The topological polar surface area (TPSA) is 12.5 Å². The molecule has 12 heavy (non-hydrogen) atoms. The summed E-state index contributed by atoms with van der Waals surface area (Å²) in [6, 6.07) is -0.0209. The Morgan fingerprint density at radius 2 is 2.25 bits per heavy atom. The number of halogens is 1. The molecule has 0 radical (unpaired) electrons. The second kappa shape index (κ2) is 4.19. The number of nitrogens with zero attached hydrogens (tertiary/aromatic N) is 1. The van der Waals surface area contributed by atoms with Crippen LogP contribution in [0.2, 0.25) is 0 Å². The molecule has 1 aliphatic heterocycles. The van der Waals surface area contributed by atoms with E-state index >= 15 is 0 Å². The summed E-state index contributed by atoms with van der Waals surface area (Å²) in [5, 5.41) is 0. The maximum atomic E-state index is 13.2. The average Bonchev–Trinajstić information content (AvgIpc) is 2.28. The molecule has 0 saturated carbocycles. The first-order valence-electron chi connectivity index (χ1n) is 4.57. The molecule has 0 aliphatic carbocycles. The summed E-state index contributed by atoms with van der Waals surface area (Å²) in [5.74, 6) is 0. The Morgan fingerprint density at radius 3 is 2.67 bits per heavy atom. The van der Waals surface area contributed by atoms with E-state index in [1.54, 1.807) is 0 Å². The van der Waals surface area contributed by atoms with Crippen LogP contribution >= 0.6 is 0 Å². The molecule has 1 aliphatic rings. The van der Waals surface area contributed by atoms with Gasteiger partial charge >= 0.3 is 0 Å². The predicted molar refractivity (Wildman–Crippen MR) is 47.0 cm³/mol. The van der Waals surface area contributed by atoms with Crippen LogP contribution in [0.25, 0.3) is 0 Å². The molecule has 1 heterocycles. The minimum Gasteiger partial charge on any atom is -0.377 e. The van der Waals surface area contributed by atoms with Crippen molar-refractivity contribution in [3.63, 3.8) is 0 Å². The zero-order chi connectivity index (χ0) is 9.14. The Bertz CT molecular complexity index is 130. The summed E-state index contributed by atoms with van der Waals surface area (Å²) >= 11 is 0. The molecule has 2 atom stereocenters. The zero-order valence-electron chi connectivity index (χ0n) is 8.09. The van der Waals surface area contributed by atoms with Gasteiger partial charge in [0, 0.05) is 6.54 Å². The van der Waals surface area contributed by atoms with Crippen LogP contribution in [-0.2, 0) is 4.74 Å². The van der Waals surface area contributed by atoms with E-state index in [2.05, 4.69) is 0 Å². The fraction of sp³-hybridized carbons (Fsp3) is 1.00. The molecule has 0 aromatic carbocycles. The highest BCUT2D eigenvalue weighted by molar-refractivity contribution is 4.84. The molecule has 0 aromatic rings. The maximum Gasteiger partial charge on any atom is 0.119 e. The van der Waals surface area contributed by atoms with E-state index in [0.29, 0.717) is 13.0 Å². The molecule has 2 nitrogen and oxygen atoms in total. The lowest BCUT2D eigenvalue weighted by Crippen LogP contribution is -2.35. The van der Waals surface area contributed by atoms with Gasteiger partial charge in [-0.2, -0.15) is 0 Å². The molecule has 2 unspecified atom stereocenters. The summed E-state index contributed by atoms with van der Waals surface area (Å²) in [6.07, 6.45) is 0.155. The first-order valence-corrected chi connectivity index (χ1v) is 4.57. The minimum atomic E-state index is -0.700. The molecule has 72 valence electrons. The number of alkyl halides is 1. The highest BCUT2D eigenvalue weighted by atomic mass is 19.1. The smallest absolute Gasteiger partial charge is 0.119 e. The van der Waals surface area contributed by atoms with Gasteiger partial charge in [0.1, 0.15) is 6.17 Å². The molecule has 1 saturated heterocycles. The molecular formula is C9H18FNO. The van der Waals surface area contributed by atoms with Gasteiger partial charge < -0.3 is 4.74 Å². The first-order chi connectivity index (χ1) is 5.61. The van der Waals surface area contributed by atoms with Crippen LogP contribution in [0.5, 0.6) is 0 Å². The normalized spacial score (nSPS) is 31.8. The van der Waals surface area contributed by atoms with Crippen LogP contribution in [0, 0.1) is 0 Å². The summed E-state index contributed by atoms with van der Waals surface area (Å²) in [7, 11) is 1.95. The SMILES string of the molecule is CC(C)OCC1C(F)CCN1C. The number of likely N-dealkylation sites (tertiary alicyclic amines) is 1. The third-order valence-electron chi connectivity index (χ3n) is 2.34. The number of rotatable bonds is 3. The second-order valence-corrected chi connectivity index (χ2v) is 3.73. The highest BCUT2D eigenvalue weighted by Crippen LogP contribution is 2.19. The second-order valence-electron chi connectivity index (χ2n) is 3.73. The lowest BCUT2D eigenvalue weighted by Gasteiger charge is -2.21. The Morgan fingerprint density at radius 1 is 1.58 bits per heavy atom. The Labute approximate surface area is 73.7 Å². The summed E-state index contributed by atoms with van der Waals surface area (Å²) in [6.45, 7) is 5.33. The van der Waals surface area contributed by atoms with Crippen molar-refractivity contribution < 1.29 is 9.13 Å². The summed E-state index contributed by atoms with van der Waals surface area (Å²) < 4.78 is 18.6.